The highest BCUT2D eigenvalue weighted by Gasteiger charge is 2.23. The van der Waals surface area contributed by atoms with E-state index in [9.17, 15) is 4.79 Å². The van der Waals surface area contributed by atoms with Gasteiger partial charge in [0.1, 0.15) is 5.75 Å². The first-order valence-electron chi connectivity index (χ1n) is 8.62. The number of carbonyl (C=O) groups is 1. The second-order valence-electron chi connectivity index (χ2n) is 6.50. The monoisotopic (exact) mass is 321 g/mol. The molecule has 0 spiro atoms. The third-order valence-electron chi connectivity index (χ3n) is 4.65. The van der Waals surface area contributed by atoms with Crippen LogP contribution < -0.4 is 4.74 Å². The van der Waals surface area contributed by atoms with E-state index >= 15 is 0 Å². The van der Waals surface area contributed by atoms with Crippen molar-refractivity contribution in [1.29, 1.82) is 5.41 Å². The Bertz CT molecular complexity index is 731. The summed E-state index contributed by atoms with van der Waals surface area (Å²) in [6, 6.07) is 14.7. The van der Waals surface area contributed by atoms with Gasteiger partial charge in [0.05, 0.1) is 5.56 Å². The van der Waals surface area contributed by atoms with Gasteiger partial charge in [0.2, 0.25) is 0 Å². The maximum Gasteiger partial charge on any atom is 0.343 e. The van der Waals surface area contributed by atoms with Crippen molar-refractivity contribution in [2.24, 2.45) is 5.92 Å². The van der Waals surface area contributed by atoms with E-state index in [1.807, 2.05) is 43.3 Å². The number of aryl methyl sites for hydroxylation is 1. The van der Waals surface area contributed by atoms with Crippen molar-refractivity contribution in [2.75, 3.05) is 0 Å². The van der Waals surface area contributed by atoms with E-state index in [1.54, 1.807) is 12.1 Å². The summed E-state index contributed by atoms with van der Waals surface area (Å²) < 4.78 is 5.62. The van der Waals surface area contributed by atoms with Crippen LogP contribution in [0.25, 0.3) is 0 Å². The number of rotatable bonds is 4. The predicted molar refractivity (Wildman–Crippen MR) is 96.0 cm³/mol. The first-order valence-corrected chi connectivity index (χ1v) is 8.62. The highest BCUT2D eigenvalue weighted by Crippen LogP contribution is 2.31. The van der Waals surface area contributed by atoms with E-state index in [-0.39, 0.29) is 11.9 Å². The Balaban J connectivity index is 1.85. The van der Waals surface area contributed by atoms with Gasteiger partial charge in [-0.15, -0.1) is 0 Å². The molecule has 0 radical (unpaired) electrons. The van der Waals surface area contributed by atoms with Crippen LogP contribution in [-0.2, 0) is 0 Å². The topological polar surface area (TPSA) is 50.2 Å². The molecule has 1 fully saturated rings. The van der Waals surface area contributed by atoms with Gasteiger partial charge in [-0.25, -0.2) is 4.79 Å². The SMILES string of the molecule is Cc1ccc(OC(=O)c2ccccc2)c(C(=N)C2CCCCC2)c1. The number of hydrogen-bond donors (Lipinski definition) is 1. The van der Waals surface area contributed by atoms with Crippen LogP contribution in [0.1, 0.15) is 53.6 Å². The number of carbonyl (C=O) groups excluding carboxylic acids is 1. The number of ether oxygens (including phenoxy) is 1. The Kier molecular flexibility index (Phi) is 5.09. The van der Waals surface area contributed by atoms with E-state index in [0.29, 0.717) is 17.0 Å². The zero-order chi connectivity index (χ0) is 16.9. The Hall–Kier alpha value is -2.42. The maximum atomic E-state index is 12.4. The van der Waals surface area contributed by atoms with E-state index in [0.717, 1.165) is 24.0 Å². The van der Waals surface area contributed by atoms with Crippen LogP contribution in [0.4, 0.5) is 0 Å². The lowest BCUT2D eigenvalue weighted by Gasteiger charge is -2.23. The molecule has 3 heteroatoms. The van der Waals surface area contributed by atoms with Crippen molar-refractivity contribution >= 4 is 11.7 Å². The van der Waals surface area contributed by atoms with E-state index in [4.69, 9.17) is 10.1 Å². The van der Waals surface area contributed by atoms with Crippen LogP contribution in [0.5, 0.6) is 5.75 Å². The lowest BCUT2D eigenvalue weighted by molar-refractivity contribution is 0.0734. The molecule has 3 nitrogen and oxygen atoms in total. The van der Waals surface area contributed by atoms with Gasteiger partial charge in [0, 0.05) is 17.2 Å². The highest BCUT2D eigenvalue weighted by atomic mass is 16.5. The van der Waals surface area contributed by atoms with Gasteiger partial charge in [-0.1, -0.05) is 49.1 Å². The molecule has 2 aromatic carbocycles. The molecule has 0 bridgehead atoms. The van der Waals surface area contributed by atoms with Crippen LogP contribution in [0.15, 0.2) is 48.5 Å². The molecule has 1 aliphatic rings. The van der Waals surface area contributed by atoms with Crippen molar-refractivity contribution < 1.29 is 9.53 Å². The fourth-order valence-corrected chi connectivity index (χ4v) is 3.29. The Labute approximate surface area is 143 Å². The van der Waals surface area contributed by atoms with Crippen LogP contribution >= 0.6 is 0 Å². The van der Waals surface area contributed by atoms with Crippen molar-refractivity contribution in [3.63, 3.8) is 0 Å². The van der Waals surface area contributed by atoms with Crippen LogP contribution in [0.3, 0.4) is 0 Å². The van der Waals surface area contributed by atoms with Gasteiger partial charge in [-0.2, -0.15) is 0 Å². The fraction of sp³-hybridized carbons (Fsp3) is 0.333. The van der Waals surface area contributed by atoms with Gasteiger partial charge in [0.25, 0.3) is 0 Å². The van der Waals surface area contributed by atoms with Crippen molar-refractivity contribution in [3.05, 3.63) is 65.2 Å². The van der Waals surface area contributed by atoms with Gasteiger partial charge >= 0.3 is 5.97 Å². The average Bonchev–Trinajstić information content (AvgIpc) is 2.64. The lowest BCUT2D eigenvalue weighted by Crippen LogP contribution is -2.20. The standard InChI is InChI=1S/C21H23NO2/c1-15-12-13-19(24-21(23)17-10-6-3-7-11-17)18(14-15)20(22)16-8-4-2-5-9-16/h3,6-7,10-14,16,22H,2,4-5,8-9H2,1H3. The quantitative estimate of drug-likeness (QED) is 0.480. The molecular formula is C21H23NO2. The van der Waals surface area contributed by atoms with Gasteiger partial charge in [0.15, 0.2) is 0 Å². The second-order valence-corrected chi connectivity index (χ2v) is 6.50. The molecule has 0 unspecified atom stereocenters. The summed E-state index contributed by atoms with van der Waals surface area (Å²) in [4.78, 5) is 12.4. The molecule has 0 aliphatic heterocycles. The fourth-order valence-electron chi connectivity index (χ4n) is 3.29. The van der Waals surface area contributed by atoms with Crippen LogP contribution in [0.2, 0.25) is 0 Å². The lowest BCUT2D eigenvalue weighted by atomic mass is 9.83. The maximum absolute atomic E-state index is 12.4. The molecule has 3 rings (SSSR count). The number of esters is 1. The average molecular weight is 321 g/mol. The summed E-state index contributed by atoms with van der Waals surface area (Å²) in [6.45, 7) is 2.00. The summed E-state index contributed by atoms with van der Waals surface area (Å²) in [7, 11) is 0. The molecule has 24 heavy (non-hydrogen) atoms. The normalized spacial score (nSPS) is 15.0. The summed E-state index contributed by atoms with van der Waals surface area (Å²) in [5.41, 5.74) is 2.96. The van der Waals surface area contributed by atoms with Crippen molar-refractivity contribution in [2.45, 2.75) is 39.0 Å². The zero-order valence-corrected chi connectivity index (χ0v) is 14.0. The van der Waals surface area contributed by atoms with E-state index in [2.05, 4.69) is 0 Å². The first-order chi connectivity index (χ1) is 11.6. The molecule has 1 saturated carbocycles. The molecule has 2 aromatic rings. The molecule has 0 heterocycles. The molecule has 124 valence electrons. The van der Waals surface area contributed by atoms with Crippen LogP contribution in [-0.4, -0.2) is 11.7 Å². The first kappa shape index (κ1) is 16.4. The number of nitrogens with one attached hydrogen (secondary N) is 1. The van der Waals surface area contributed by atoms with Crippen molar-refractivity contribution in [1.82, 2.24) is 0 Å². The number of benzene rings is 2. The Morgan fingerprint density at radius 2 is 1.75 bits per heavy atom. The van der Waals surface area contributed by atoms with E-state index in [1.165, 1.54) is 19.3 Å². The summed E-state index contributed by atoms with van der Waals surface area (Å²) in [6.07, 6.45) is 5.72. The molecule has 0 saturated heterocycles. The molecule has 0 amide bonds. The summed E-state index contributed by atoms with van der Waals surface area (Å²) in [5.74, 6) is 0.386. The summed E-state index contributed by atoms with van der Waals surface area (Å²) in [5, 5.41) is 8.62. The molecule has 1 aliphatic carbocycles. The minimum Gasteiger partial charge on any atom is -0.422 e. The van der Waals surface area contributed by atoms with Gasteiger partial charge in [-0.3, -0.25) is 0 Å². The molecule has 0 aromatic heterocycles. The smallest absolute Gasteiger partial charge is 0.343 e. The van der Waals surface area contributed by atoms with Crippen molar-refractivity contribution in [3.8, 4) is 5.75 Å². The minimum absolute atomic E-state index is 0.273. The third-order valence-corrected chi connectivity index (χ3v) is 4.65. The van der Waals surface area contributed by atoms with Gasteiger partial charge in [-0.05, 0) is 44.0 Å². The minimum atomic E-state index is -0.378. The molecular weight excluding hydrogens is 298 g/mol. The Morgan fingerprint density at radius 1 is 1.04 bits per heavy atom. The predicted octanol–water partition coefficient (Wildman–Crippen LogP) is 5.16. The van der Waals surface area contributed by atoms with E-state index < -0.39 is 0 Å². The Morgan fingerprint density at radius 3 is 2.46 bits per heavy atom. The van der Waals surface area contributed by atoms with Crippen LogP contribution in [0, 0.1) is 18.3 Å². The second kappa shape index (κ2) is 7.43. The summed E-state index contributed by atoms with van der Waals surface area (Å²) >= 11 is 0. The third kappa shape index (κ3) is 3.73. The zero-order valence-electron chi connectivity index (χ0n) is 14.0. The largest absolute Gasteiger partial charge is 0.422 e. The molecule has 1 N–H and O–H groups in total. The number of hydrogen-bond acceptors (Lipinski definition) is 3. The highest BCUT2D eigenvalue weighted by molar-refractivity contribution is 6.03. The van der Waals surface area contributed by atoms with Gasteiger partial charge < -0.3 is 10.1 Å². The molecule has 0 atom stereocenters.